The van der Waals surface area contributed by atoms with Crippen LogP contribution in [0.15, 0.2) is 47.4 Å². The lowest BCUT2D eigenvalue weighted by molar-refractivity contribution is 0.0595. The normalized spacial score (nSPS) is 10.8. The number of ether oxygens (including phenoxy) is 1. The summed E-state index contributed by atoms with van der Waals surface area (Å²) in [5.74, 6) is -0.717. The van der Waals surface area contributed by atoms with Gasteiger partial charge in [-0.05, 0) is 36.8 Å². The van der Waals surface area contributed by atoms with Crippen molar-refractivity contribution in [1.29, 1.82) is 5.26 Å². The molecule has 24 heavy (non-hydrogen) atoms. The number of hydrogen-bond acceptors (Lipinski definition) is 5. The van der Waals surface area contributed by atoms with E-state index in [1.54, 1.807) is 37.3 Å². The molecule has 0 unspecified atom stereocenters. The second-order valence-corrected chi connectivity index (χ2v) is 7.01. The van der Waals surface area contributed by atoms with Crippen molar-refractivity contribution < 1.29 is 17.9 Å². The van der Waals surface area contributed by atoms with Crippen LogP contribution in [0.3, 0.4) is 0 Å². The summed E-state index contributed by atoms with van der Waals surface area (Å²) >= 11 is 0. The highest BCUT2D eigenvalue weighted by molar-refractivity contribution is 7.92. The van der Waals surface area contributed by atoms with Crippen LogP contribution in [0.25, 0.3) is 0 Å². The maximum absolute atomic E-state index is 13.0. The largest absolute Gasteiger partial charge is 0.465 e. The van der Waals surface area contributed by atoms with E-state index >= 15 is 0 Å². The molecule has 0 saturated heterocycles. The number of benzene rings is 2. The fraction of sp³-hybridized carbons (Fsp3) is 0.176. The lowest BCUT2D eigenvalue weighted by Gasteiger charge is -2.21. The van der Waals surface area contributed by atoms with Crippen molar-refractivity contribution in [3.8, 4) is 6.07 Å². The van der Waals surface area contributed by atoms with E-state index < -0.39 is 16.0 Å². The Morgan fingerprint density at radius 2 is 1.88 bits per heavy atom. The number of nitriles is 1. The molecule has 0 saturated carbocycles. The molecule has 0 aliphatic heterocycles. The van der Waals surface area contributed by atoms with Crippen LogP contribution in [0.2, 0.25) is 0 Å². The van der Waals surface area contributed by atoms with Crippen LogP contribution >= 0.6 is 0 Å². The zero-order valence-electron chi connectivity index (χ0n) is 13.5. The number of hydrogen-bond donors (Lipinski definition) is 0. The van der Waals surface area contributed by atoms with Crippen LogP contribution in [0, 0.1) is 18.3 Å². The maximum Gasteiger partial charge on any atom is 0.339 e. The number of sulfonamides is 1. The van der Waals surface area contributed by atoms with Crippen molar-refractivity contribution in [1.82, 2.24) is 0 Å². The zero-order valence-corrected chi connectivity index (χ0v) is 14.3. The first-order chi connectivity index (χ1) is 11.3. The second-order valence-electron chi connectivity index (χ2n) is 5.07. The van der Waals surface area contributed by atoms with Crippen molar-refractivity contribution in [3.63, 3.8) is 0 Å². The number of rotatable bonds is 4. The molecule has 0 aromatic heterocycles. The Labute approximate surface area is 141 Å². The summed E-state index contributed by atoms with van der Waals surface area (Å²) in [5.41, 5.74) is 1.17. The molecular weight excluding hydrogens is 328 g/mol. The number of nitrogens with zero attached hydrogens (tertiary/aromatic N) is 2. The topological polar surface area (TPSA) is 87.5 Å². The molecule has 0 heterocycles. The van der Waals surface area contributed by atoms with Gasteiger partial charge in [0.1, 0.15) is 4.90 Å². The molecule has 0 aliphatic rings. The van der Waals surface area contributed by atoms with Crippen molar-refractivity contribution in [3.05, 3.63) is 59.2 Å². The van der Waals surface area contributed by atoms with E-state index in [2.05, 4.69) is 0 Å². The minimum Gasteiger partial charge on any atom is -0.465 e. The molecule has 2 rings (SSSR count). The Bertz CT molecular complexity index is 930. The summed E-state index contributed by atoms with van der Waals surface area (Å²) in [7, 11) is -1.43. The molecule has 2 aromatic carbocycles. The molecule has 7 heteroatoms. The first kappa shape index (κ1) is 17.5. The van der Waals surface area contributed by atoms with Gasteiger partial charge in [-0.25, -0.2) is 13.2 Å². The van der Waals surface area contributed by atoms with Gasteiger partial charge in [0.2, 0.25) is 0 Å². The molecule has 0 radical (unpaired) electrons. The first-order valence-electron chi connectivity index (χ1n) is 7.00. The Morgan fingerprint density at radius 3 is 2.50 bits per heavy atom. The van der Waals surface area contributed by atoms with Gasteiger partial charge in [0.05, 0.1) is 30.0 Å². The van der Waals surface area contributed by atoms with Gasteiger partial charge < -0.3 is 4.74 Å². The van der Waals surface area contributed by atoms with E-state index in [-0.39, 0.29) is 10.5 Å². The average molecular weight is 344 g/mol. The van der Waals surface area contributed by atoms with Crippen molar-refractivity contribution in [2.45, 2.75) is 11.8 Å². The molecule has 0 spiro atoms. The van der Waals surface area contributed by atoms with Gasteiger partial charge in [-0.3, -0.25) is 4.31 Å². The molecule has 0 amide bonds. The summed E-state index contributed by atoms with van der Waals surface area (Å²) in [6.45, 7) is 1.64. The molecule has 6 nitrogen and oxygen atoms in total. The van der Waals surface area contributed by atoms with Gasteiger partial charge in [-0.15, -0.1) is 0 Å². The molecule has 0 N–H and O–H groups in total. The predicted octanol–water partition coefficient (Wildman–Crippen LogP) is 2.48. The van der Waals surface area contributed by atoms with Crippen LogP contribution in [0.1, 0.15) is 21.5 Å². The number of carbonyl (C=O) groups is 1. The summed E-state index contributed by atoms with van der Waals surface area (Å²) in [6.07, 6.45) is 0. The number of methoxy groups -OCH3 is 1. The standard InChI is InChI=1S/C17H16N2O4S/c1-12-6-4-9-15(16(12)17(20)23-3)24(21,22)19(2)14-8-5-7-13(10-14)11-18/h4-10H,1-3H3. The van der Waals surface area contributed by atoms with Gasteiger partial charge in [-0.1, -0.05) is 18.2 Å². The zero-order chi connectivity index (χ0) is 17.9. The monoisotopic (exact) mass is 344 g/mol. The molecular formula is C17H16N2O4S. The third-order valence-electron chi connectivity index (χ3n) is 3.60. The average Bonchev–Trinajstić information content (AvgIpc) is 2.60. The molecule has 0 bridgehead atoms. The Hall–Kier alpha value is -2.85. The maximum atomic E-state index is 13.0. The van der Waals surface area contributed by atoms with Crippen molar-refractivity contribution in [2.75, 3.05) is 18.5 Å². The van der Waals surface area contributed by atoms with Gasteiger partial charge in [0.15, 0.2) is 0 Å². The van der Waals surface area contributed by atoms with Crippen LogP contribution < -0.4 is 4.31 Å². The minimum atomic E-state index is -4.00. The molecule has 2 aromatic rings. The second kappa shape index (κ2) is 6.72. The third kappa shape index (κ3) is 3.09. The first-order valence-corrected chi connectivity index (χ1v) is 8.44. The molecule has 0 atom stereocenters. The van der Waals surface area contributed by atoms with Gasteiger partial charge in [-0.2, -0.15) is 5.26 Å². The van der Waals surface area contributed by atoms with Gasteiger partial charge >= 0.3 is 5.97 Å². The van der Waals surface area contributed by atoms with E-state index in [1.165, 1.54) is 26.3 Å². The summed E-state index contributed by atoms with van der Waals surface area (Å²) in [6, 6.07) is 12.7. The van der Waals surface area contributed by atoms with E-state index in [0.717, 1.165) is 4.31 Å². The molecule has 124 valence electrons. The highest BCUT2D eigenvalue weighted by Crippen LogP contribution is 2.27. The minimum absolute atomic E-state index is 0.00304. The van der Waals surface area contributed by atoms with Crippen LogP contribution in [0.5, 0.6) is 0 Å². The van der Waals surface area contributed by atoms with E-state index in [9.17, 15) is 13.2 Å². The number of esters is 1. The molecule has 0 fully saturated rings. The Morgan fingerprint density at radius 1 is 1.21 bits per heavy atom. The summed E-state index contributed by atoms with van der Waals surface area (Å²) in [5, 5.41) is 8.97. The predicted molar refractivity (Wildman–Crippen MR) is 89.3 cm³/mol. The van der Waals surface area contributed by atoms with Crippen LogP contribution in [-0.2, 0) is 14.8 Å². The Kier molecular flexibility index (Phi) is 4.90. The highest BCUT2D eigenvalue weighted by Gasteiger charge is 2.28. The van der Waals surface area contributed by atoms with Gasteiger partial charge in [0, 0.05) is 7.05 Å². The van der Waals surface area contributed by atoms with Crippen LogP contribution in [-0.4, -0.2) is 28.5 Å². The number of anilines is 1. The number of aryl methyl sites for hydroxylation is 1. The third-order valence-corrected chi connectivity index (χ3v) is 5.43. The highest BCUT2D eigenvalue weighted by atomic mass is 32.2. The van der Waals surface area contributed by atoms with Gasteiger partial charge in [0.25, 0.3) is 10.0 Å². The fourth-order valence-electron chi connectivity index (χ4n) is 2.28. The SMILES string of the molecule is COC(=O)c1c(C)cccc1S(=O)(=O)N(C)c1cccc(C#N)c1. The lowest BCUT2D eigenvalue weighted by atomic mass is 10.1. The Balaban J connectivity index is 2.61. The van der Waals surface area contributed by atoms with E-state index in [0.29, 0.717) is 16.8 Å². The molecule has 0 aliphatic carbocycles. The summed E-state index contributed by atoms with van der Waals surface area (Å²) in [4.78, 5) is 11.9. The van der Waals surface area contributed by atoms with E-state index in [4.69, 9.17) is 10.00 Å². The fourth-order valence-corrected chi connectivity index (χ4v) is 3.72. The van der Waals surface area contributed by atoms with Crippen LogP contribution in [0.4, 0.5) is 5.69 Å². The lowest BCUT2D eigenvalue weighted by Crippen LogP contribution is -2.28. The van der Waals surface area contributed by atoms with E-state index in [1.807, 2.05) is 6.07 Å². The summed E-state index contributed by atoms with van der Waals surface area (Å²) < 4.78 is 31.7. The number of carbonyl (C=O) groups excluding carboxylic acids is 1. The van der Waals surface area contributed by atoms with Crippen molar-refractivity contribution >= 4 is 21.7 Å². The quantitative estimate of drug-likeness (QED) is 0.795. The smallest absolute Gasteiger partial charge is 0.339 e. The van der Waals surface area contributed by atoms with Crippen molar-refractivity contribution in [2.24, 2.45) is 0 Å².